The van der Waals surface area contributed by atoms with E-state index < -0.39 is 23.2 Å². The Labute approximate surface area is 160 Å². The molecule has 0 amide bonds. The lowest BCUT2D eigenvalue weighted by Gasteiger charge is -2.37. The summed E-state index contributed by atoms with van der Waals surface area (Å²) in [4.78, 5) is 5.56. The standard InChI is InChI=1S/C19H21F2N5O2/c1-25-5-3-19(27,4-6-25)13-8-15-12(9-23-26(15)10-16(13)28-2)11-7-14(20)18(22)24-17(11)21/h7-10,27H,3-6H2,1-2H3,(H2,22,24). The smallest absolute Gasteiger partial charge is 0.223 e. The van der Waals surface area contributed by atoms with E-state index in [0.717, 1.165) is 19.2 Å². The Morgan fingerprint density at radius 3 is 2.61 bits per heavy atom. The van der Waals surface area contributed by atoms with Crippen LogP contribution in [0.25, 0.3) is 16.6 Å². The van der Waals surface area contributed by atoms with Crippen LogP contribution in [-0.2, 0) is 5.60 Å². The molecular formula is C19H21F2N5O2. The number of aromatic nitrogens is 3. The zero-order valence-electron chi connectivity index (χ0n) is 15.6. The number of nitrogens with zero attached hydrogens (tertiary/aromatic N) is 4. The molecule has 0 saturated carbocycles. The van der Waals surface area contributed by atoms with Crippen LogP contribution in [0.15, 0.2) is 24.5 Å². The first-order valence-corrected chi connectivity index (χ1v) is 8.91. The molecule has 0 spiro atoms. The second kappa shape index (κ2) is 6.68. The Morgan fingerprint density at radius 1 is 1.21 bits per heavy atom. The number of halogens is 2. The van der Waals surface area contributed by atoms with Crippen LogP contribution in [0.4, 0.5) is 14.6 Å². The molecule has 1 aliphatic rings. The zero-order valence-corrected chi connectivity index (χ0v) is 15.6. The third kappa shape index (κ3) is 2.96. The molecule has 3 aromatic rings. The third-order valence-electron chi connectivity index (χ3n) is 5.40. The van der Waals surface area contributed by atoms with Crippen LogP contribution in [0.5, 0.6) is 5.75 Å². The average molecular weight is 389 g/mol. The largest absolute Gasteiger partial charge is 0.495 e. The van der Waals surface area contributed by atoms with Crippen LogP contribution in [-0.4, -0.2) is 51.9 Å². The highest BCUT2D eigenvalue weighted by atomic mass is 19.1. The van der Waals surface area contributed by atoms with Gasteiger partial charge in [-0.05, 0) is 32.0 Å². The van der Waals surface area contributed by atoms with Gasteiger partial charge in [0.1, 0.15) is 5.75 Å². The molecule has 0 unspecified atom stereocenters. The van der Waals surface area contributed by atoms with Crippen molar-refractivity contribution in [2.75, 3.05) is 33.0 Å². The van der Waals surface area contributed by atoms with Crippen molar-refractivity contribution in [1.82, 2.24) is 19.5 Å². The topological polar surface area (TPSA) is 88.9 Å². The van der Waals surface area contributed by atoms with Gasteiger partial charge in [0.15, 0.2) is 11.6 Å². The number of methoxy groups -OCH3 is 1. The summed E-state index contributed by atoms with van der Waals surface area (Å²) in [5.74, 6) is -1.71. The fourth-order valence-electron chi connectivity index (χ4n) is 3.67. The number of ether oxygens (including phenoxy) is 1. The van der Waals surface area contributed by atoms with E-state index in [1.807, 2.05) is 7.05 Å². The molecule has 9 heteroatoms. The number of hydrogen-bond acceptors (Lipinski definition) is 6. The number of likely N-dealkylation sites (tertiary alicyclic amines) is 1. The average Bonchev–Trinajstić information content (AvgIpc) is 3.09. The van der Waals surface area contributed by atoms with Crippen molar-refractivity contribution in [2.45, 2.75) is 18.4 Å². The van der Waals surface area contributed by atoms with E-state index in [1.54, 1.807) is 12.3 Å². The molecule has 4 rings (SSSR count). The third-order valence-corrected chi connectivity index (χ3v) is 5.40. The van der Waals surface area contributed by atoms with Crippen molar-refractivity contribution in [3.8, 4) is 16.9 Å². The Hall–Kier alpha value is -2.78. The van der Waals surface area contributed by atoms with E-state index in [2.05, 4.69) is 15.0 Å². The minimum atomic E-state index is -1.08. The van der Waals surface area contributed by atoms with Crippen LogP contribution in [0, 0.1) is 11.8 Å². The molecule has 3 N–H and O–H groups in total. The predicted molar refractivity (Wildman–Crippen MR) is 99.9 cm³/mol. The summed E-state index contributed by atoms with van der Waals surface area (Å²) in [6.07, 6.45) is 4.12. The predicted octanol–water partition coefficient (Wildman–Crippen LogP) is 2.18. The van der Waals surface area contributed by atoms with Crippen LogP contribution >= 0.6 is 0 Å². The van der Waals surface area contributed by atoms with E-state index >= 15 is 0 Å². The maximum Gasteiger partial charge on any atom is 0.223 e. The monoisotopic (exact) mass is 389 g/mol. The van der Waals surface area contributed by atoms with Crippen molar-refractivity contribution in [1.29, 1.82) is 0 Å². The highest BCUT2D eigenvalue weighted by molar-refractivity contribution is 5.81. The van der Waals surface area contributed by atoms with E-state index in [9.17, 15) is 13.9 Å². The number of pyridine rings is 2. The maximum absolute atomic E-state index is 14.4. The summed E-state index contributed by atoms with van der Waals surface area (Å²) >= 11 is 0. The van der Waals surface area contributed by atoms with Crippen molar-refractivity contribution in [3.05, 3.63) is 41.9 Å². The summed E-state index contributed by atoms with van der Waals surface area (Å²) < 4.78 is 35.2. The Kier molecular flexibility index (Phi) is 4.43. The van der Waals surface area contributed by atoms with Crippen molar-refractivity contribution >= 4 is 11.3 Å². The second-order valence-corrected chi connectivity index (χ2v) is 7.17. The number of hydrogen-bond donors (Lipinski definition) is 2. The van der Waals surface area contributed by atoms with Crippen LogP contribution in [0.3, 0.4) is 0 Å². The normalized spacial score (nSPS) is 17.2. The summed E-state index contributed by atoms with van der Waals surface area (Å²) in [6, 6.07) is 2.73. The lowest BCUT2D eigenvalue weighted by atomic mass is 9.84. The minimum absolute atomic E-state index is 0.0480. The lowest BCUT2D eigenvalue weighted by Crippen LogP contribution is -2.41. The van der Waals surface area contributed by atoms with Gasteiger partial charge in [-0.1, -0.05) is 0 Å². The molecule has 28 heavy (non-hydrogen) atoms. The first-order valence-electron chi connectivity index (χ1n) is 8.91. The second-order valence-electron chi connectivity index (χ2n) is 7.17. The molecule has 1 aliphatic heterocycles. The van der Waals surface area contributed by atoms with Gasteiger partial charge in [-0.15, -0.1) is 0 Å². The van der Waals surface area contributed by atoms with E-state index in [4.69, 9.17) is 10.5 Å². The molecule has 4 heterocycles. The lowest BCUT2D eigenvalue weighted by molar-refractivity contribution is -0.0219. The van der Waals surface area contributed by atoms with Crippen molar-refractivity contribution in [2.24, 2.45) is 0 Å². The molecule has 1 fully saturated rings. The van der Waals surface area contributed by atoms with Gasteiger partial charge < -0.3 is 20.5 Å². The number of nitrogens with two attached hydrogens (primary N) is 1. The number of anilines is 1. The van der Waals surface area contributed by atoms with Gasteiger partial charge in [0.25, 0.3) is 0 Å². The first-order chi connectivity index (χ1) is 13.3. The molecular weight excluding hydrogens is 368 g/mol. The van der Waals surface area contributed by atoms with Gasteiger partial charge in [-0.25, -0.2) is 8.91 Å². The Morgan fingerprint density at radius 2 is 1.93 bits per heavy atom. The van der Waals surface area contributed by atoms with Crippen LogP contribution < -0.4 is 10.5 Å². The minimum Gasteiger partial charge on any atom is -0.495 e. The van der Waals surface area contributed by atoms with E-state index in [0.29, 0.717) is 35.2 Å². The van der Waals surface area contributed by atoms with Crippen LogP contribution in [0.1, 0.15) is 18.4 Å². The molecule has 0 radical (unpaired) electrons. The maximum atomic E-state index is 14.4. The highest BCUT2D eigenvalue weighted by Crippen LogP contribution is 2.40. The molecule has 0 bridgehead atoms. The molecule has 0 atom stereocenters. The number of aliphatic hydroxyl groups is 1. The Bertz CT molecular complexity index is 1040. The Balaban J connectivity index is 1.89. The molecule has 148 valence electrons. The van der Waals surface area contributed by atoms with Gasteiger partial charge in [0.05, 0.1) is 30.6 Å². The fraction of sp³-hybridized carbons (Fsp3) is 0.368. The number of piperidine rings is 1. The van der Waals surface area contributed by atoms with E-state index in [-0.39, 0.29) is 5.56 Å². The van der Waals surface area contributed by atoms with Gasteiger partial charge in [-0.3, -0.25) is 0 Å². The zero-order chi connectivity index (χ0) is 20.1. The number of rotatable bonds is 3. The molecule has 7 nitrogen and oxygen atoms in total. The van der Waals surface area contributed by atoms with E-state index in [1.165, 1.54) is 17.8 Å². The molecule has 1 saturated heterocycles. The molecule has 0 aliphatic carbocycles. The summed E-state index contributed by atoms with van der Waals surface area (Å²) in [5.41, 5.74) is 5.67. The number of nitrogen functional groups attached to an aromatic ring is 1. The first kappa shape index (κ1) is 18.6. The summed E-state index contributed by atoms with van der Waals surface area (Å²) in [7, 11) is 3.52. The molecule has 0 aromatic carbocycles. The fourth-order valence-corrected chi connectivity index (χ4v) is 3.67. The van der Waals surface area contributed by atoms with Gasteiger partial charge in [-0.2, -0.15) is 14.5 Å². The van der Waals surface area contributed by atoms with Gasteiger partial charge >= 0.3 is 0 Å². The van der Waals surface area contributed by atoms with Gasteiger partial charge in [0, 0.05) is 29.8 Å². The number of fused-ring (bicyclic) bond motifs is 1. The summed E-state index contributed by atoms with van der Waals surface area (Å²) in [5, 5.41) is 15.5. The SMILES string of the molecule is COc1cn2ncc(-c3cc(F)c(N)nc3F)c2cc1C1(O)CCN(C)CC1. The van der Waals surface area contributed by atoms with Gasteiger partial charge in [0.2, 0.25) is 5.95 Å². The molecule has 3 aromatic heterocycles. The van der Waals surface area contributed by atoms with Crippen molar-refractivity contribution in [3.63, 3.8) is 0 Å². The quantitative estimate of drug-likeness (QED) is 0.668. The summed E-state index contributed by atoms with van der Waals surface area (Å²) in [6.45, 7) is 1.47. The van der Waals surface area contributed by atoms with Crippen LogP contribution in [0.2, 0.25) is 0 Å². The van der Waals surface area contributed by atoms with Crippen molar-refractivity contribution < 1.29 is 18.6 Å². The highest BCUT2D eigenvalue weighted by Gasteiger charge is 2.36.